The van der Waals surface area contributed by atoms with Crippen LogP contribution in [0.15, 0.2) is 0 Å². The number of aliphatic hydroxyl groups is 1. The number of likely N-dealkylation sites (N-methyl/N-ethyl adjacent to an activating group) is 1. The Labute approximate surface area is 106 Å². The molecule has 0 fully saturated rings. The number of aliphatic hydroxyl groups excluding tert-OH is 1. The first-order valence-electron chi connectivity index (χ1n) is 6.40. The molecule has 4 nitrogen and oxygen atoms in total. The molecule has 17 heavy (non-hydrogen) atoms. The van der Waals surface area contributed by atoms with Gasteiger partial charge in [-0.05, 0) is 40.7 Å². The van der Waals surface area contributed by atoms with Crippen molar-refractivity contribution in [1.82, 2.24) is 5.32 Å². The van der Waals surface area contributed by atoms with Gasteiger partial charge in [0, 0.05) is 12.1 Å². The summed E-state index contributed by atoms with van der Waals surface area (Å²) in [5.41, 5.74) is -0.341. The number of nitrogens with one attached hydrogen (secondary N) is 1. The highest BCUT2D eigenvalue weighted by Crippen LogP contribution is 2.09. The van der Waals surface area contributed by atoms with Gasteiger partial charge in [0.2, 0.25) is 0 Å². The standard InChI is InChI=1S/C13H29NO3/c1-6-14-13(5,11-15)7-8-16-9-10-17-12(2,3)4/h14-15H,6-11H2,1-5H3. The molecule has 1 unspecified atom stereocenters. The number of ether oxygens (including phenoxy) is 2. The summed E-state index contributed by atoms with van der Waals surface area (Å²) in [5, 5.41) is 12.5. The number of hydrogen-bond donors (Lipinski definition) is 2. The van der Waals surface area contributed by atoms with Crippen LogP contribution in [-0.2, 0) is 9.47 Å². The van der Waals surface area contributed by atoms with Crippen LogP contribution in [0, 0.1) is 0 Å². The molecule has 0 bridgehead atoms. The highest BCUT2D eigenvalue weighted by atomic mass is 16.5. The minimum Gasteiger partial charge on any atom is -0.394 e. The smallest absolute Gasteiger partial charge is 0.0707 e. The summed E-state index contributed by atoms with van der Waals surface area (Å²) in [7, 11) is 0. The molecule has 0 aliphatic carbocycles. The van der Waals surface area contributed by atoms with Gasteiger partial charge in [-0.2, -0.15) is 0 Å². The Hall–Kier alpha value is -0.160. The van der Waals surface area contributed by atoms with Crippen LogP contribution in [0.5, 0.6) is 0 Å². The van der Waals surface area contributed by atoms with Gasteiger partial charge in [-0.3, -0.25) is 0 Å². The third kappa shape index (κ3) is 9.53. The van der Waals surface area contributed by atoms with E-state index in [0.717, 1.165) is 13.0 Å². The Morgan fingerprint density at radius 1 is 1.06 bits per heavy atom. The molecule has 104 valence electrons. The molecular formula is C13H29NO3. The Balaban J connectivity index is 3.56. The third-order valence-electron chi connectivity index (χ3n) is 2.51. The van der Waals surface area contributed by atoms with Crippen molar-refractivity contribution in [3.63, 3.8) is 0 Å². The molecule has 0 aliphatic rings. The predicted molar refractivity (Wildman–Crippen MR) is 70.3 cm³/mol. The van der Waals surface area contributed by atoms with Gasteiger partial charge >= 0.3 is 0 Å². The lowest BCUT2D eigenvalue weighted by Crippen LogP contribution is -2.46. The lowest BCUT2D eigenvalue weighted by molar-refractivity contribution is -0.0376. The molecule has 0 spiro atoms. The molecule has 0 aliphatic heterocycles. The second-order valence-electron chi connectivity index (χ2n) is 5.57. The van der Waals surface area contributed by atoms with Crippen molar-refractivity contribution in [1.29, 1.82) is 0 Å². The van der Waals surface area contributed by atoms with Crippen LogP contribution in [-0.4, -0.2) is 49.2 Å². The summed E-state index contributed by atoms with van der Waals surface area (Å²) in [4.78, 5) is 0. The molecule has 0 aromatic heterocycles. The number of rotatable bonds is 9. The zero-order chi connectivity index (χ0) is 13.4. The van der Waals surface area contributed by atoms with Crippen LogP contribution < -0.4 is 5.32 Å². The Morgan fingerprint density at radius 3 is 2.18 bits per heavy atom. The van der Waals surface area contributed by atoms with Crippen molar-refractivity contribution in [3.8, 4) is 0 Å². The van der Waals surface area contributed by atoms with Crippen molar-refractivity contribution in [2.75, 3.05) is 33.0 Å². The second-order valence-corrected chi connectivity index (χ2v) is 5.57. The van der Waals surface area contributed by atoms with E-state index in [1.807, 2.05) is 34.6 Å². The largest absolute Gasteiger partial charge is 0.394 e. The maximum atomic E-state index is 9.28. The lowest BCUT2D eigenvalue weighted by atomic mass is 10.00. The molecule has 0 radical (unpaired) electrons. The molecule has 0 aromatic carbocycles. The van der Waals surface area contributed by atoms with Gasteiger partial charge in [-0.25, -0.2) is 0 Å². The Bertz CT molecular complexity index is 192. The van der Waals surface area contributed by atoms with Gasteiger partial charge in [-0.15, -0.1) is 0 Å². The first-order chi connectivity index (χ1) is 7.83. The van der Waals surface area contributed by atoms with E-state index in [0.29, 0.717) is 19.8 Å². The minimum atomic E-state index is -0.236. The fraction of sp³-hybridized carbons (Fsp3) is 1.00. The Kier molecular flexibility index (Phi) is 7.96. The summed E-state index contributed by atoms with van der Waals surface area (Å²) < 4.78 is 11.0. The van der Waals surface area contributed by atoms with Crippen molar-refractivity contribution >= 4 is 0 Å². The summed E-state index contributed by atoms with van der Waals surface area (Å²) in [5.74, 6) is 0. The van der Waals surface area contributed by atoms with Crippen LogP contribution in [0.2, 0.25) is 0 Å². The third-order valence-corrected chi connectivity index (χ3v) is 2.51. The molecule has 0 saturated carbocycles. The highest BCUT2D eigenvalue weighted by molar-refractivity contribution is 4.81. The van der Waals surface area contributed by atoms with Gasteiger partial charge in [0.05, 0.1) is 25.4 Å². The minimum absolute atomic E-state index is 0.104. The topological polar surface area (TPSA) is 50.7 Å². The fourth-order valence-corrected chi connectivity index (χ4v) is 1.46. The van der Waals surface area contributed by atoms with Gasteiger partial charge in [-0.1, -0.05) is 6.92 Å². The molecule has 1 atom stereocenters. The SMILES string of the molecule is CCNC(C)(CO)CCOCCOC(C)(C)C. The van der Waals surface area contributed by atoms with E-state index in [1.165, 1.54) is 0 Å². The van der Waals surface area contributed by atoms with E-state index in [1.54, 1.807) is 0 Å². The van der Waals surface area contributed by atoms with Crippen molar-refractivity contribution < 1.29 is 14.6 Å². The van der Waals surface area contributed by atoms with E-state index < -0.39 is 0 Å². The summed E-state index contributed by atoms with van der Waals surface area (Å²) in [6.45, 7) is 13.0. The Morgan fingerprint density at radius 2 is 1.71 bits per heavy atom. The summed E-state index contributed by atoms with van der Waals surface area (Å²) in [6, 6.07) is 0. The molecule has 4 heteroatoms. The molecule has 2 N–H and O–H groups in total. The first-order valence-corrected chi connectivity index (χ1v) is 6.40. The highest BCUT2D eigenvalue weighted by Gasteiger charge is 2.21. The molecular weight excluding hydrogens is 218 g/mol. The van der Waals surface area contributed by atoms with Gasteiger partial charge in [0.1, 0.15) is 0 Å². The van der Waals surface area contributed by atoms with Gasteiger partial charge in [0.15, 0.2) is 0 Å². The lowest BCUT2D eigenvalue weighted by Gasteiger charge is -2.28. The normalized spacial score (nSPS) is 15.9. The van der Waals surface area contributed by atoms with Crippen molar-refractivity contribution in [2.45, 2.75) is 52.2 Å². The zero-order valence-electron chi connectivity index (χ0n) is 12.0. The molecule has 0 amide bonds. The summed E-state index contributed by atoms with van der Waals surface area (Å²) in [6.07, 6.45) is 0.798. The van der Waals surface area contributed by atoms with E-state index in [9.17, 15) is 5.11 Å². The van der Waals surface area contributed by atoms with Crippen LogP contribution in [0.1, 0.15) is 41.0 Å². The van der Waals surface area contributed by atoms with E-state index in [2.05, 4.69) is 5.32 Å². The molecule has 0 rings (SSSR count). The van der Waals surface area contributed by atoms with Crippen LogP contribution in [0.4, 0.5) is 0 Å². The number of hydrogen-bond acceptors (Lipinski definition) is 4. The predicted octanol–water partition coefficient (Wildman–Crippen LogP) is 1.57. The molecule has 0 aromatic rings. The average Bonchev–Trinajstić information content (AvgIpc) is 2.22. The van der Waals surface area contributed by atoms with Crippen LogP contribution in [0.25, 0.3) is 0 Å². The second kappa shape index (κ2) is 8.03. The van der Waals surface area contributed by atoms with Crippen LogP contribution in [0.3, 0.4) is 0 Å². The van der Waals surface area contributed by atoms with E-state index in [4.69, 9.17) is 9.47 Å². The monoisotopic (exact) mass is 247 g/mol. The van der Waals surface area contributed by atoms with Gasteiger partial charge < -0.3 is 19.9 Å². The van der Waals surface area contributed by atoms with E-state index in [-0.39, 0.29) is 17.7 Å². The fourth-order valence-electron chi connectivity index (χ4n) is 1.46. The van der Waals surface area contributed by atoms with Crippen molar-refractivity contribution in [2.24, 2.45) is 0 Å². The molecule has 0 heterocycles. The van der Waals surface area contributed by atoms with Gasteiger partial charge in [0.25, 0.3) is 0 Å². The quantitative estimate of drug-likeness (QED) is 0.607. The van der Waals surface area contributed by atoms with E-state index >= 15 is 0 Å². The zero-order valence-corrected chi connectivity index (χ0v) is 12.0. The summed E-state index contributed by atoms with van der Waals surface area (Å²) >= 11 is 0. The maximum Gasteiger partial charge on any atom is 0.0707 e. The first kappa shape index (κ1) is 16.8. The average molecular weight is 247 g/mol. The maximum absolute atomic E-state index is 9.28. The van der Waals surface area contributed by atoms with Crippen molar-refractivity contribution in [3.05, 3.63) is 0 Å². The molecule has 0 saturated heterocycles. The van der Waals surface area contributed by atoms with Crippen LogP contribution >= 0.6 is 0 Å².